The van der Waals surface area contributed by atoms with E-state index >= 15 is 0 Å². The van der Waals surface area contributed by atoms with Crippen molar-refractivity contribution in [2.75, 3.05) is 19.8 Å². The third kappa shape index (κ3) is 5.92. The van der Waals surface area contributed by atoms with E-state index in [2.05, 4.69) is 5.32 Å². The molecule has 0 bridgehead atoms. The standard InChI is InChI=1S/C21H25ClN2O7/c1-12(24-9-14(25)10-29-15-3-4-17(26)16(22)8-15)6-13-2-5-18-19(7-13)30-11-21(23,31-18)20(27)28/h2-5,7-8,12,14,24-26H,6,9-11,23H2,1H3,(H,27,28)/t12-,14+,21-/m1/s1. The first-order valence-electron chi connectivity index (χ1n) is 9.66. The molecule has 0 fully saturated rings. The number of phenolic OH excluding ortho intramolecular Hbond substituents is 1. The van der Waals surface area contributed by atoms with Crippen LogP contribution in [0.3, 0.4) is 0 Å². The van der Waals surface area contributed by atoms with Crippen LogP contribution < -0.4 is 25.3 Å². The largest absolute Gasteiger partial charge is 0.506 e. The van der Waals surface area contributed by atoms with Gasteiger partial charge in [-0.15, -0.1) is 0 Å². The molecule has 0 amide bonds. The minimum atomic E-state index is -1.90. The Morgan fingerprint density at radius 3 is 2.81 bits per heavy atom. The van der Waals surface area contributed by atoms with Crippen LogP contribution in [-0.4, -0.2) is 58.9 Å². The highest BCUT2D eigenvalue weighted by atomic mass is 35.5. The van der Waals surface area contributed by atoms with Gasteiger partial charge in [-0.3, -0.25) is 5.73 Å². The van der Waals surface area contributed by atoms with Crippen LogP contribution in [0.25, 0.3) is 0 Å². The summed E-state index contributed by atoms with van der Waals surface area (Å²) in [4.78, 5) is 11.2. The van der Waals surface area contributed by atoms with E-state index in [-0.39, 0.29) is 35.8 Å². The van der Waals surface area contributed by atoms with Crippen LogP contribution in [0.4, 0.5) is 0 Å². The van der Waals surface area contributed by atoms with Gasteiger partial charge in [0.05, 0.1) is 5.02 Å². The molecule has 3 atom stereocenters. The van der Waals surface area contributed by atoms with Gasteiger partial charge in [0.1, 0.15) is 24.2 Å². The summed E-state index contributed by atoms with van der Waals surface area (Å²) in [6.07, 6.45) is -0.103. The Morgan fingerprint density at radius 1 is 1.32 bits per heavy atom. The van der Waals surface area contributed by atoms with Crippen LogP contribution in [-0.2, 0) is 11.2 Å². The molecule has 168 valence electrons. The molecule has 0 saturated heterocycles. The number of phenols is 1. The van der Waals surface area contributed by atoms with E-state index in [4.69, 9.17) is 36.7 Å². The highest BCUT2D eigenvalue weighted by Crippen LogP contribution is 2.35. The minimum Gasteiger partial charge on any atom is -0.506 e. The summed E-state index contributed by atoms with van der Waals surface area (Å²) < 4.78 is 16.3. The molecule has 3 rings (SSSR count). The smallest absolute Gasteiger partial charge is 0.367 e. The van der Waals surface area contributed by atoms with Crippen LogP contribution in [0.2, 0.25) is 5.02 Å². The highest BCUT2D eigenvalue weighted by Gasteiger charge is 2.41. The van der Waals surface area contributed by atoms with Gasteiger partial charge < -0.3 is 34.8 Å². The lowest BCUT2D eigenvalue weighted by Gasteiger charge is -2.31. The monoisotopic (exact) mass is 452 g/mol. The molecule has 2 aromatic carbocycles. The first-order valence-corrected chi connectivity index (χ1v) is 10.0. The number of benzene rings is 2. The van der Waals surface area contributed by atoms with Gasteiger partial charge in [-0.1, -0.05) is 17.7 Å². The van der Waals surface area contributed by atoms with Gasteiger partial charge in [0.2, 0.25) is 0 Å². The fourth-order valence-corrected chi connectivity index (χ4v) is 3.15. The van der Waals surface area contributed by atoms with Gasteiger partial charge in [0, 0.05) is 18.7 Å². The summed E-state index contributed by atoms with van der Waals surface area (Å²) >= 11 is 5.83. The summed E-state index contributed by atoms with van der Waals surface area (Å²) in [6, 6.07) is 9.72. The van der Waals surface area contributed by atoms with Crippen molar-refractivity contribution < 1.29 is 34.3 Å². The zero-order chi connectivity index (χ0) is 22.6. The van der Waals surface area contributed by atoms with Gasteiger partial charge in [-0.2, -0.15) is 0 Å². The lowest BCUT2D eigenvalue weighted by molar-refractivity contribution is -0.159. The third-order valence-electron chi connectivity index (χ3n) is 4.71. The number of halogens is 1. The number of aromatic hydroxyl groups is 1. The first kappa shape index (κ1) is 23.0. The fourth-order valence-electron chi connectivity index (χ4n) is 2.98. The first-order chi connectivity index (χ1) is 14.7. The number of nitrogens with two attached hydrogens (primary N) is 1. The van der Waals surface area contributed by atoms with Crippen LogP contribution in [0.15, 0.2) is 36.4 Å². The second-order valence-electron chi connectivity index (χ2n) is 7.46. The molecule has 1 aliphatic heterocycles. The summed E-state index contributed by atoms with van der Waals surface area (Å²) in [7, 11) is 0. The number of aliphatic hydroxyl groups is 1. The summed E-state index contributed by atoms with van der Waals surface area (Å²) in [5.41, 5.74) is 4.73. The number of aliphatic hydroxyl groups excluding tert-OH is 1. The van der Waals surface area contributed by atoms with E-state index in [1.54, 1.807) is 18.2 Å². The Kier molecular flexibility index (Phi) is 7.11. The Morgan fingerprint density at radius 2 is 2.10 bits per heavy atom. The zero-order valence-electron chi connectivity index (χ0n) is 16.9. The lowest BCUT2D eigenvalue weighted by Crippen LogP contribution is -2.59. The number of carboxylic acid groups (broad SMARTS) is 1. The molecule has 31 heavy (non-hydrogen) atoms. The second-order valence-corrected chi connectivity index (χ2v) is 7.87. The Bertz CT molecular complexity index is 942. The molecule has 2 aromatic rings. The van der Waals surface area contributed by atoms with Gasteiger partial charge in [0.25, 0.3) is 5.72 Å². The van der Waals surface area contributed by atoms with E-state index < -0.39 is 17.8 Å². The second kappa shape index (κ2) is 9.61. The van der Waals surface area contributed by atoms with Gasteiger partial charge in [-0.05, 0) is 43.2 Å². The number of rotatable bonds is 9. The summed E-state index contributed by atoms with van der Waals surface area (Å²) in [5, 5.41) is 32.1. The molecule has 9 nitrogen and oxygen atoms in total. The number of carboxylic acids is 1. The number of fused-ring (bicyclic) bond motifs is 1. The van der Waals surface area contributed by atoms with Crippen LogP contribution >= 0.6 is 11.6 Å². The Labute approximate surface area is 184 Å². The maximum atomic E-state index is 11.2. The predicted molar refractivity (Wildman–Crippen MR) is 113 cm³/mol. The number of carbonyl (C=O) groups is 1. The van der Waals surface area contributed by atoms with Crippen molar-refractivity contribution in [2.45, 2.75) is 31.2 Å². The van der Waals surface area contributed by atoms with Crippen LogP contribution in [0.5, 0.6) is 23.0 Å². The number of hydrogen-bond donors (Lipinski definition) is 5. The number of nitrogens with one attached hydrogen (secondary N) is 1. The molecule has 0 aliphatic carbocycles. The number of aliphatic carboxylic acids is 1. The molecule has 0 unspecified atom stereocenters. The number of hydrogen-bond acceptors (Lipinski definition) is 8. The molecule has 1 heterocycles. The third-order valence-corrected chi connectivity index (χ3v) is 5.01. The van der Waals surface area contributed by atoms with Crippen LogP contribution in [0, 0.1) is 0 Å². The molecular weight excluding hydrogens is 428 g/mol. The van der Waals surface area contributed by atoms with Crippen molar-refractivity contribution in [1.82, 2.24) is 5.32 Å². The molecule has 6 N–H and O–H groups in total. The quantitative estimate of drug-likeness (QED) is 0.382. The maximum Gasteiger partial charge on any atom is 0.367 e. The van der Waals surface area contributed by atoms with Gasteiger partial charge >= 0.3 is 5.97 Å². The number of ether oxygens (including phenoxy) is 3. The lowest BCUT2D eigenvalue weighted by atomic mass is 10.1. The Hall–Kier alpha value is -2.72. The summed E-state index contributed by atoms with van der Waals surface area (Å²) in [5.74, 6) is -0.157. The molecule has 0 radical (unpaired) electrons. The van der Waals surface area contributed by atoms with Crippen molar-refractivity contribution in [1.29, 1.82) is 0 Å². The molecule has 10 heteroatoms. The van der Waals surface area contributed by atoms with E-state index in [0.717, 1.165) is 5.56 Å². The topological polar surface area (TPSA) is 144 Å². The molecule has 1 aliphatic rings. The minimum absolute atomic E-state index is 0.0339. The van der Waals surface area contributed by atoms with E-state index in [1.807, 2.05) is 13.0 Å². The summed E-state index contributed by atoms with van der Waals surface area (Å²) in [6.45, 7) is 2.06. The molecule has 0 aromatic heterocycles. The van der Waals surface area contributed by atoms with Gasteiger partial charge in [-0.25, -0.2) is 4.79 Å². The van der Waals surface area contributed by atoms with Crippen molar-refractivity contribution >= 4 is 17.6 Å². The normalized spacial score (nSPS) is 19.5. The Balaban J connectivity index is 1.46. The van der Waals surface area contributed by atoms with Crippen molar-refractivity contribution in [2.24, 2.45) is 5.73 Å². The highest BCUT2D eigenvalue weighted by molar-refractivity contribution is 6.32. The van der Waals surface area contributed by atoms with E-state index in [0.29, 0.717) is 24.5 Å². The SMILES string of the molecule is C[C@H](Cc1ccc2c(c1)OC[C@](N)(C(=O)O)O2)NC[C@H](O)COc1ccc(O)c(Cl)c1. The zero-order valence-corrected chi connectivity index (χ0v) is 17.6. The molecular formula is C21H25ClN2O7. The fraction of sp³-hybridized carbons (Fsp3) is 0.381. The molecule has 0 spiro atoms. The van der Waals surface area contributed by atoms with Crippen molar-refractivity contribution in [3.8, 4) is 23.0 Å². The maximum absolute atomic E-state index is 11.2. The average Bonchev–Trinajstić information content (AvgIpc) is 2.73. The van der Waals surface area contributed by atoms with Crippen LogP contribution in [0.1, 0.15) is 12.5 Å². The van der Waals surface area contributed by atoms with Crippen molar-refractivity contribution in [3.63, 3.8) is 0 Å². The molecule has 0 saturated carbocycles. The average molecular weight is 453 g/mol. The predicted octanol–water partition coefficient (Wildman–Crippen LogP) is 1.52. The van der Waals surface area contributed by atoms with Crippen molar-refractivity contribution in [3.05, 3.63) is 47.0 Å². The van der Waals surface area contributed by atoms with Gasteiger partial charge in [0.15, 0.2) is 18.1 Å². The van der Waals surface area contributed by atoms with E-state index in [1.165, 1.54) is 12.1 Å². The van der Waals surface area contributed by atoms with E-state index in [9.17, 15) is 15.0 Å².